The van der Waals surface area contributed by atoms with E-state index in [1.807, 2.05) is 35.2 Å². The molecule has 12 heteroatoms. The van der Waals surface area contributed by atoms with Gasteiger partial charge in [0.05, 0.1) is 23.6 Å². The standard InChI is InChI=1S/C25H28FN5O3S.2ClH/c1-34-15-4-5-19-17(11-15)16(6-9-27-19)21(32)14-31-10-7-20(18(26)13-31)29-12-23-25(33)30-24-22(35-23)3-2-8-28-24;;/h2-6,8-9,11,18,20-21,23,29,32H,7,10,12-14H2,1H3,(H,28,30,33);2*1H/t18-,20-,21+,23?;;/m1../s1. The van der Waals surface area contributed by atoms with Crippen LogP contribution >= 0.6 is 36.6 Å². The van der Waals surface area contributed by atoms with Gasteiger partial charge in [-0.2, -0.15) is 0 Å². The molecule has 3 aromatic rings. The lowest BCUT2D eigenvalue weighted by atomic mass is 10.00. The summed E-state index contributed by atoms with van der Waals surface area (Å²) in [4.78, 5) is 23.8. The van der Waals surface area contributed by atoms with Gasteiger partial charge < -0.3 is 20.5 Å². The van der Waals surface area contributed by atoms with Crippen LogP contribution in [0.15, 0.2) is 53.7 Å². The van der Waals surface area contributed by atoms with Gasteiger partial charge >= 0.3 is 0 Å². The van der Waals surface area contributed by atoms with Crippen molar-refractivity contribution in [1.29, 1.82) is 0 Å². The molecule has 2 aliphatic rings. The molecule has 37 heavy (non-hydrogen) atoms. The van der Waals surface area contributed by atoms with E-state index in [9.17, 15) is 9.90 Å². The number of amides is 1. The number of alkyl halides is 1. The number of likely N-dealkylation sites (tertiary alicyclic amines) is 1. The summed E-state index contributed by atoms with van der Waals surface area (Å²) in [5.41, 5.74) is 1.52. The monoisotopic (exact) mass is 569 g/mol. The fourth-order valence-corrected chi connectivity index (χ4v) is 5.67. The van der Waals surface area contributed by atoms with Crippen molar-refractivity contribution in [1.82, 2.24) is 20.2 Å². The van der Waals surface area contributed by atoms with Gasteiger partial charge in [0.15, 0.2) is 0 Å². The number of hydrogen-bond acceptors (Lipinski definition) is 8. The van der Waals surface area contributed by atoms with Crippen LogP contribution in [0.2, 0.25) is 0 Å². The number of benzene rings is 1. The van der Waals surface area contributed by atoms with Crippen LogP contribution in [0.25, 0.3) is 10.9 Å². The van der Waals surface area contributed by atoms with Crippen molar-refractivity contribution in [2.45, 2.75) is 34.9 Å². The van der Waals surface area contributed by atoms with E-state index in [1.54, 1.807) is 25.6 Å². The molecule has 3 N–H and O–H groups in total. The Morgan fingerprint density at radius 2 is 2.11 bits per heavy atom. The molecule has 2 aromatic heterocycles. The largest absolute Gasteiger partial charge is 0.497 e. The molecule has 0 radical (unpaired) electrons. The van der Waals surface area contributed by atoms with Crippen molar-refractivity contribution in [3.8, 4) is 5.75 Å². The number of carbonyl (C=O) groups is 1. The molecule has 1 saturated heterocycles. The smallest absolute Gasteiger partial charge is 0.240 e. The minimum absolute atomic E-state index is 0. The number of ether oxygens (including phenoxy) is 1. The molecule has 1 aromatic carbocycles. The van der Waals surface area contributed by atoms with Gasteiger partial charge in [-0.25, -0.2) is 9.37 Å². The Balaban J connectivity index is 0.00000190. The maximum absolute atomic E-state index is 15.1. The van der Waals surface area contributed by atoms with Gasteiger partial charge in [0.2, 0.25) is 5.91 Å². The second-order valence-corrected chi connectivity index (χ2v) is 10.1. The number of methoxy groups -OCH3 is 1. The third-order valence-electron chi connectivity index (χ3n) is 6.54. The van der Waals surface area contributed by atoms with Gasteiger partial charge in [-0.3, -0.25) is 14.7 Å². The minimum Gasteiger partial charge on any atom is -0.497 e. The molecular weight excluding hydrogens is 540 g/mol. The number of aliphatic hydroxyl groups is 1. The highest BCUT2D eigenvalue weighted by Crippen LogP contribution is 2.34. The number of hydrogen-bond donors (Lipinski definition) is 3. The average Bonchev–Trinajstić information content (AvgIpc) is 2.87. The number of thioether (sulfide) groups is 1. The van der Waals surface area contributed by atoms with Crippen molar-refractivity contribution < 1.29 is 19.0 Å². The number of rotatable bonds is 7. The minimum atomic E-state index is -1.10. The van der Waals surface area contributed by atoms with Gasteiger partial charge in [0.1, 0.15) is 23.0 Å². The lowest BCUT2D eigenvalue weighted by molar-refractivity contribution is -0.115. The average molecular weight is 571 g/mol. The highest BCUT2D eigenvalue weighted by Gasteiger charge is 2.33. The molecule has 8 nitrogen and oxygen atoms in total. The van der Waals surface area contributed by atoms with Gasteiger partial charge in [-0.1, -0.05) is 0 Å². The molecule has 1 amide bonds. The lowest BCUT2D eigenvalue weighted by Gasteiger charge is -2.37. The first-order valence-electron chi connectivity index (χ1n) is 11.6. The Kier molecular flexibility index (Phi) is 10.3. The zero-order valence-electron chi connectivity index (χ0n) is 20.2. The van der Waals surface area contributed by atoms with Crippen LogP contribution < -0.4 is 15.4 Å². The number of aliphatic hydroxyl groups excluding tert-OH is 1. The van der Waals surface area contributed by atoms with E-state index >= 15 is 4.39 Å². The molecule has 5 rings (SSSR count). The molecule has 0 spiro atoms. The molecule has 0 aliphatic carbocycles. The van der Waals surface area contributed by atoms with Crippen molar-refractivity contribution in [3.05, 3.63) is 54.4 Å². The normalized spacial score (nSPS) is 22.2. The van der Waals surface area contributed by atoms with Crippen LogP contribution in [0.3, 0.4) is 0 Å². The molecule has 0 bridgehead atoms. The Hall–Kier alpha value is -2.21. The van der Waals surface area contributed by atoms with Gasteiger partial charge in [-0.15, -0.1) is 36.6 Å². The van der Waals surface area contributed by atoms with E-state index in [2.05, 4.69) is 20.6 Å². The zero-order chi connectivity index (χ0) is 24.4. The maximum Gasteiger partial charge on any atom is 0.240 e. The molecule has 0 saturated carbocycles. The number of piperidine rings is 1. The SMILES string of the molecule is COc1ccc2nccc([C@@H](O)CN3CC[C@@H](NCC4Sc5cccnc5NC4=O)[C@H](F)C3)c2c1.Cl.Cl. The Labute approximate surface area is 231 Å². The van der Waals surface area contributed by atoms with Crippen molar-refractivity contribution in [2.24, 2.45) is 0 Å². The fraction of sp³-hybridized carbons (Fsp3) is 0.400. The summed E-state index contributed by atoms with van der Waals surface area (Å²) in [6, 6.07) is 10.8. The number of pyridine rings is 2. The molecule has 1 unspecified atom stereocenters. The highest BCUT2D eigenvalue weighted by atomic mass is 35.5. The van der Waals surface area contributed by atoms with Gasteiger partial charge in [0, 0.05) is 43.5 Å². The highest BCUT2D eigenvalue weighted by molar-refractivity contribution is 8.01. The third-order valence-corrected chi connectivity index (χ3v) is 7.79. The summed E-state index contributed by atoms with van der Waals surface area (Å²) in [6.07, 6.45) is 2.03. The predicted octanol–water partition coefficient (Wildman–Crippen LogP) is 3.63. The summed E-state index contributed by atoms with van der Waals surface area (Å²) in [5.74, 6) is 1.15. The first-order valence-corrected chi connectivity index (χ1v) is 12.5. The number of β-amino-alcohol motifs (C(OH)–C–C–N with tert-alkyl or cyclic N) is 1. The Morgan fingerprint density at radius 3 is 2.89 bits per heavy atom. The summed E-state index contributed by atoms with van der Waals surface area (Å²) >= 11 is 1.45. The van der Waals surface area contributed by atoms with Crippen LogP contribution in [0.1, 0.15) is 18.1 Å². The van der Waals surface area contributed by atoms with Crippen LogP contribution in [0.5, 0.6) is 5.75 Å². The topological polar surface area (TPSA) is 99.6 Å². The lowest BCUT2D eigenvalue weighted by Crippen LogP contribution is -2.53. The van der Waals surface area contributed by atoms with Crippen molar-refractivity contribution in [3.63, 3.8) is 0 Å². The molecule has 1 fully saturated rings. The molecular formula is C25H30Cl2FN5O3S. The summed E-state index contributed by atoms with van der Waals surface area (Å²) in [6.45, 7) is 1.58. The van der Waals surface area contributed by atoms with Crippen LogP contribution in [0, 0.1) is 0 Å². The molecule has 200 valence electrons. The first-order chi connectivity index (χ1) is 17.0. The third kappa shape index (κ3) is 6.63. The summed E-state index contributed by atoms with van der Waals surface area (Å²) < 4.78 is 20.4. The van der Waals surface area contributed by atoms with E-state index in [4.69, 9.17) is 4.74 Å². The molecule has 2 aliphatic heterocycles. The van der Waals surface area contributed by atoms with Crippen LogP contribution in [-0.4, -0.2) is 76.6 Å². The second-order valence-electron chi connectivity index (χ2n) is 8.82. The van der Waals surface area contributed by atoms with Gasteiger partial charge in [0.25, 0.3) is 0 Å². The summed E-state index contributed by atoms with van der Waals surface area (Å²) in [5, 5.41) is 17.5. The zero-order valence-corrected chi connectivity index (χ0v) is 22.6. The number of halogens is 3. The van der Waals surface area contributed by atoms with E-state index in [0.29, 0.717) is 37.6 Å². The van der Waals surface area contributed by atoms with Crippen molar-refractivity contribution >= 4 is 59.2 Å². The first kappa shape index (κ1) is 29.3. The molecule has 4 heterocycles. The quantitative estimate of drug-likeness (QED) is 0.396. The Bertz CT molecular complexity index is 1230. The van der Waals surface area contributed by atoms with E-state index in [1.165, 1.54) is 11.8 Å². The number of carbonyl (C=O) groups excluding carboxylic acids is 1. The number of nitrogens with one attached hydrogen (secondary N) is 2. The van der Waals surface area contributed by atoms with E-state index < -0.39 is 12.3 Å². The number of anilines is 1. The van der Waals surface area contributed by atoms with Crippen LogP contribution in [-0.2, 0) is 4.79 Å². The Morgan fingerprint density at radius 1 is 1.27 bits per heavy atom. The number of nitrogens with zero attached hydrogens (tertiary/aromatic N) is 3. The maximum atomic E-state index is 15.1. The summed E-state index contributed by atoms with van der Waals surface area (Å²) in [7, 11) is 1.60. The second kappa shape index (κ2) is 13.0. The number of fused-ring (bicyclic) bond motifs is 2. The fourth-order valence-electron chi connectivity index (χ4n) is 4.65. The van der Waals surface area contributed by atoms with Crippen molar-refractivity contribution in [2.75, 3.05) is 38.6 Å². The molecule has 4 atom stereocenters. The van der Waals surface area contributed by atoms with E-state index in [-0.39, 0.29) is 48.6 Å². The number of aromatic nitrogens is 2. The van der Waals surface area contributed by atoms with E-state index in [0.717, 1.165) is 21.4 Å². The van der Waals surface area contributed by atoms with Gasteiger partial charge in [-0.05, 0) is 54.9 Å². The predicted molar refractivity (Wildman–Crippen MR) is 148 cm³/mol. The van der Waals surface area contributed by atoms with Crippen LogP contribution in [0.4, 0.5) is 10.2 Å².